The topological polar surface area (TPSA) is 19.0 Å². The highest BCUT2D eigenvalue weighted by Gasteiger charge is 2.25. The predicted molar refractivity (Wildman–Crippen MR) is 96.1 cm³/mol. The van der Waals surface area contributed by atoms with Crippen LogP contribution in [0.3, 0.4) is 0 Å². The van der Waals surface area contributed by atoms with Gasteiger partial charge in [-0.3, -0.25) is 28.8 Å². The van der Waals surface area contributed by atoms with Crippen molar-refractivity contribution in [3.8, 4) is 0 Å². The molecule has 0 amide bonds. The van der Waals surface area contributed by atoms with Crippen LogP contribution in [0.5, 0.6) is 0 Å². The van der Waals surface area contributed by atoms with Crippen molar-refractivity contribution in [1.29, 1.82) is 0 Å². The summed E-state index contributed by atoms with van der Waals surface area (Å²) >= 11 is 0. The normalized spacial score (nSPS) is 10.1. The van der Waals surface area contributed by atoms with Crippen molar-refractivity contribution in [2.24, 2.45) is 0 Å². The summed E-state index contributed by atoms with van der Waals surface area (Å²) in [5.74, 6) is 2.49. The first-order valence-electron chi connectivity index (χ1n) is 8.10. The monoisotopic (exact) mass is 314 g/mol. The van der Waals surface area contributed by atoms with E-state index in [9.17, 15) is 0 Å². The fourth-order valence-electron chi connectivity index (χ4n) is 2.97. The van der Waals surface area contributed by atoms with E-state index in [1.807, 2.05) is 0 Å². The summed E-state index contributed by atoms with van der Waals surface area (Å²) in [6.45, 7) is 8.44. The molecule has 0 aromatic rings. The van der Waals surface area contributed by atoms with Gasteiger partial charge in [-0.15, -0.1) is 0 Å². The van der Waals surface area contributed by atoms with E-state index in [0.717, 1.165) is 26.2 Å². The first-order valence-corrected chi connectivity index (χ1v) is 8.10. The number of hydrogen-bond acceptors (Lipinski definition) is 0. The van der Waals surface area contributed by atoms with Crippen LogP contribution in [0.1, 0.15) is 13.8 Å². The van der Waals surface area contributed by atoms with Crippen molar-refractivity contribution in [3.05, 3.63) is 0 Å². The van der Waals surface area contributed by atoms with Gasteiger partial charge >= 0.3 is 11.9 Å². The molecule has 0 heterocycles. The molecular weight excluding hydrogens is 276 g/mol. The zero-order valence-corrected chi connectivity index (χ0v) is 16.5. The Hall–Kier alpha value is -1.46. The third-order valence-electron chi connectivity index (χ3n) is 3.57. The molecule has 0 saturated carbocycles. The van der Waals surface area contributed by atoms with Crippen molar-refractivity contribution in [2.45, 2.75) is 13.8 Å². The number of nitrogens with zero attached hydrogens (tertiary/aromatic N) is 6. The Morgan fingerprint density at radius 2 is 0.909 bits per heavy atom. The lowest BCUT2D eigenvalue weighted by atomic mass is 10.4. The molecule has 22 heavy (non-hydrogen) atoms. The molecule has 0 aliphatic carbocycles. The van der Waals surface area contributed by atoms with Crippen LogP contribution in [0, 0.1) is 0 Å². The van der Waals surface area contributed by atoms with Crippen molar-refractivity contribution in [2.75, 3.05) is 82.6 Å². The van der Waals surface area contributed by atoms with Crippen molar-refractivity contribution >= 4 is 11.9 Å². The third-order valence-corrected chi connectivity index (χ3v) is 3.57. The lowest BCUT2D eigenvalue weighted by Gasteiger charge is -2.27. The van der Waals surface area contributed by atoms with Crippen LogP contribution in [0.15, 0.2) is 0 Å². The molecule has 0 aromatic carbocycles. The van der Waals surface area contributed by atoms with E-state index in [-0.39, 0.29) is 0 Å². The maximum absolute atomic E-state index is 2.42. The molecule has 130 valence electrons. The van der Waals surface area contributed by atoms with E-state index in [0.29, 0.717) is 0 Å². The Balaban J connectivity index is 5.15. The van der Waals surface area contributed by atoms with Gasteiger partial charge < -0.3 is 0 Å². The minimum absolute atomic E-state index is 1.00. The number of hydrogen-bond donors (Lipinski definition) is 0. The van der Waals surface area contributed by atoms with Crippen LogP contribution in [0.2, 0.25) is 0 Å². The zero-order valence-electron chi connectivity index (χ0n) is 16.5. The molecule has 0 rings (SSSR count). The second kappa shape index (κ2) is 9.54. The van der Waals surface area contributed by atoms with Crippen molar-refractivity contribution < 1.29 is 9.15 Å². The Labute approximate surface area is 137 Å². The van der Waals surface area contributed by atoms with E-state index in [1.54, 1.807) is 0 Å². The summed E-state index contributed by atoms with van der Waals surface area (Å²) in [6, 6.07) is 0. The Morgan fingerprint density at radius 3 is 1.05 bits per heavy atom. The molecule has 6 nitrogen and oxygen atoms in total. The minimum Gasteiger partial charge on any atom is -0.270 e. The Kier molecular flexibility index (Phi) is 8.90. The average molecular weight is 315 g/mol. The molecule has 0 spiro atoms. The quantitative estimate of drug-likeness (QED) is 0.404. The molecule has 0 N–H and O–H groups in total. The summed E-state index contributed by atoms with van der Waals surface area (Å²) in [6.07, 6.45) is 0. The van der Waals surface area contributed by atoms with E-state index in [2.05, 4.69) is 99.0 Å². The maximum Gasteiger partial charge on any atom is 0.349 e. The van der Waals surface area contributed by atoms with Gasteiger partial charge in [0.1, 0.15) is 0 Å². The SMILES string of the molecule is CCN(CCN(CC)C(N(C)C)=[N+](C)C)C(N(C)C)=[N+](C)C. The number of likely N-dealkylation sites (N-methyl/N-ethyl adjacent to an activating group) is 2. The minimum atomic E-state index is 1.00. The van der Waals surface area contributed by atoms with Crippen molar-refractivity contribution in [3.63, 3.8) is 0 Å². The summed E-state index contributed by atoms with van der Waals surface area (Å²) in [7, 11) is 16.8. The molecule has 0 aromatic heterocycles. The molecule has 6 heteroatoms. The highest BCUT2D eigenvalue weighted by Crippen LogP contribution is 2.00. The van der Waals surface area contributed by atoms with E-state index in [4.69, 9.17) is 0 Å². The molecule has 0 aliphatic rings. The summed E-state index contributed by atoms with van der Waals surface area (Å²) in [5, 5.41) is 0. The average Bonchev–Trinajstić information content (AvgIpc) is 2.39. The lowest BCUT2D eigenvalue weighted by Crippen LogP contribution is -2.51. The van der Waals surface area contributed by atoms with Crippen LogP contribution in [-0.2, 0) is 0 Å². The Morgan fingerprint density at radius 1 is 0.636 bits per heavy atom. The summed E-state index contributed by atoms with van der Waals surface area (Å²) < 4.78 is 4.37. The second-order valence-corrected chi connectivity index (χ2v) is 6.34. The van der Waals surface area contributed by atoms with Gasteiger partial charge in [-0.1, -0.05) is 0 Å². The lowest BCUT2D eigenvalue weighted by molar-refractivity contribution is -0.476. The molecule has 0 fully saturated rings. The van der Waals surface area contributed by atoms with Gasteiger partial charge in [0.05, 0.1) is 82.6 Å². The third kappa shape index (κ3) is 5.73. The van der Waals surface area contributed by atoms with Crippen LogP contribution in [0.25, 0.3) is 0 Å². The van der Waals surface area contributed by atoms with Crippen molar-refractivity contribution in [1.82, 2.24) is 19.6 Å². The largest absolute Gasteiger partial charge is 0.349 e. The number of rotatable bonds is 5. The molecule has 0 aliphatic heterocycles. The molecule has 0 atom stereocenters. The van der Waals surface area contributed by atoms with Crippen LogP contribution in [0.4, 0.5) is 0 Å². The van der Waals surface area contributed by atoms with Gasteiger partial charge in [0.2, 0.25) is 0 Å². The summed E-state index contributed by atoms with van der Waals surface area (Å²) in [5.41, 5.74) is 0. The van der Waals surface area contributed by atoms with Gasteiger partial charge in [0.15, 0.2) is 0 Å². The second-order valence-electron chi connectivity index (χ2n) is 6.34. The fourth-order valence-corrected chi connectivity index (χ4v) is 2.97. The van der Waals surface area contributed by atoms with E-state index >= 15 is 0 Å². The molecule has 0 bridgehead atoms. The van der Waals surface area contributed by atoms with Gasteiger partial charge in [0, 0.05) is 0 Å². The zero-order chi connectivity index (χ0) is 17.4. The highest BCUT2D eigenvalue weighted by molar-refractivity contribution is 5.76. The molecule has 0 saturated heterocycles. The molecule has 0 unspecified atom stereocenters. The predicted octanol–water partition coefficient (Wildman–Crippen LogP) is 0.00960. The molecule has 0 radical (unpaired) electrons. The maximum atomic E-state index is 2.42. The first kappa shape index (κ1) is 20.5. The van der Waals surface area contributed by atoms with Crippen LogP contribution >= 0.6 is 0 Å². The van der Waals surface area contributed by atoms with Crippen LogP contribution < -0.4 is 0 Å². The highest BCUT2D eigenvalue weighted by atomic mass is 15.4. The smallest absolute Gasteiger partial charge is 0.270 e. The number of guanidine groups is 2. The Bertz CT molecular complexity index is 351. The summed E-state index contributed by atoms with van der Waals surface area (Å²) in [4.78, 5) is 9.21. The van der Waals surface area contributed by atoms with E-state index < -0.39 is 0 Å². The van der Waals surface area contributed by atoms with Gasteiger partial charge in [-0.05, 0) is 13.8 Å². The van der Waals surface area contributed by atoms with Gasteiger partial charge in [-0.2, -0.15) is 0 Å². The van der Waals surface area contributed by atoms with Crippen LogP contribution in [-0.4, -0.2) is 123 Å². The van der Waals surface area contributed by atoms with E-state index in [1.165, 1.54) is 11.9 Å². The molecular formula is C16H38N6+2. The standard InChI is InChI=1S/C16H38N6/c1-11-21(15(17(3)4)18(5)6)13-14-22(12-2)16(19(7)8)20(9)10/h11-14H2,1-10H3/q+2. The first-order chi connectivity index (χ1) is 10.2. The van der Waals surface area contributed by atoms with Gasteiger partial charge in [-0.25, -0.2) is 0 Å². The van der Waals surface area contributed by atoms with Gasteiger partial charge in [0.25, 0.3) is 0 Å². The fraction of sp³-hybridized carbons (Fsp3) is 0.875.